The summed E-state index contributed by atoms with van der Waals surface area (Å²) in [7, 11) is 1.96. The molecule has 0 bridgehead atoms. The molecular weight excluding hydrogens is 476 g/mol. The number of aryl methyl sites for hydroxylation is 1. The van der Waals surface area contributed by atoms with Crippen molar-refractivity contribution in [3.8, 4) is 10.6 Å². The maximum atomic E-state index is 10.7. The number of nitrogens with zero attached hydrogens (tertiary/aromatic N) is 5. The van der Waals surface area contributed by atoms with Gasteiger partial charge in [0.25, 0.3) is 0 Å². The minimum absolute atomic E-state index is 0.191. The molecule has 36 heavy (non-hydrogen) atoms. The highest BCUT2D eigenvalue weighted by atomic mass is 32.1. The molecule has 1 aliphatic rings. The van der Waals surface area contributed by atoms with E-state index in [1.165, 1.54) is 16.9 Å². The summed E-state index contributed by atoms with van der Waals surface area (Å²) in [6.07, 6.45) is 8.91. The second-order valence-electron chi connectivity index (χ2n) is 9.17. The molecule has 4 rings (SSSR count). The minimum Gasteiger partial charge on any atom is -0.396 e. The number of hydrogen-bond acceptors (Lipinski definition) is 10. The number of allylic oxidation sites excluding steroid dienone is 3. The number of likely N-dealkylation sites (N-methyl/N-ethyl adjacent to an activating group) is 1. The number of thiazole rings is 1. The predicted octanol–water partition coefficient (Wildman–Crippen LogP) is 3.32. The molecule has 1 fully saturated rings. The van der Waals surface area contributed by atoms with Crippen molar-refractivity contribution in [3.05, 3.63) is 48.0 Å². The Morgan fingerprint density at radius 1 is 1.25 bits per heavy atom. The molecule has 0 aromatic carbocycles. The van der Waals surface area contributed by atoms with E-state index < -0.39 is 24.2 Å². The summed E-state index contributed by atoms with van der Waals surface area (Å²) >= 11 is 1.53. The van der Waals surface area contributed by atoms with E-state index in [9.17, 15) is 15.3 Å². The van der Waals surface area contributed by atoms with Crippen molar-refractivity contribution in [2.24, 2.45) is 5.92 Å². The Kier molecular flexibility index (Phi) is 8.30. The zero-order valence-electron chi connectivity index (χ0n) is 21.1. The van der Waals surface area contributed by atoms with Gasteiger partial charge in [-0.05, 0) is 32.8 Å². The summed E-state index contributed by atoms with van der Waals surface area (Å²) in [5.74, 6) is 0.693. The van der Waals surface area contributed by atoms with Crippen molar-refractivity contribution < 1.29 is 15.3 Å². The van der Waals surface area contributed by atoms with E-state index in [1.807, 2.05) is 44.0 Å². The second kappa shape index (κ2) is 11.4. The van der Waals surface area contributed by atoms with Crippen molar-refractivity contribution in [1.82, 2.24) is 19.9 Å². The molecule has 10 heteroatoms. The molecule has 0 aliphatic heterocycles. The zero-order chi connectivity index (χ0) is 25.8. The number of fused-ring (bicyclic) bond motifs is 1. The summed E-state index contributed by atoms with van der Waals surface area (Å²) in [5, 5.41) is 34.8. The van der Waals surface area contributed by atoms with Gasteiger partial charge >= 0.3 is 0 Å². The van der Waals surface area contributed by atoms with E-state index in [1.54, 1.807) is 12.4 Å². The fourth-order valence-corrected chi connectivity index (χ4v) is 5.52. The molecular formula is C26H34N6O3S. The first kappa shape index (κ1) is 26.2. The summed E-state index contributed by atoms with van der Waals surface area (Å²) in [5.41, 5.74) is 3.54. The zero-order valence-corrected chi connectivity index (χ0v) is 21.9. The molecule has 1 aliphatic carbocycles. The van der Waals surface area contributed by atoms with Crippen LogP contribution >= 0.6 is 11.3 Å². The van der Waals surface area contributed by atoms with Crippen molar-refractivity contribution in [2.75, 3.05) is 30.4 Å². The number of rotatable bonds is 9. The van der Waals surface area contributed by atoms with Crippen molar-refractivity contribution in [1.29, 1.82) is 0 Å². The Morgan fingerprint density at radius 2 is 2.06 bits per heavy atom. The smallest absolute Gasteiger partial charge is 0.227 e. The van der Waals surface area contributed by atoms with Crippen molar-refractivity contribution in [3.63, 3.8) is 0 Å². The normalized spacial score (nSPS) is 22.6. The molecule has 4 atom stereocenters. The molecule has 3 heterocycles. The fourth-order valence-electron chi connectivity index (χ4n) is 4.49. The lowest BCUT2D eigenvalue weighted by atomic mass is 10.1. The molecule has 3 aromatic heterocycles. The first-order valence-electron chi connectivity index (χ1n) is 12.2. The Balaban J connectivity index is 1.75. The van der Waals surface area contributed by atoms with Crippen LogP contribution in [0.4, 0.5) is 11.8 Å². The lowest BCUT2D eigenvalue weighted by Crippen LogP contribution is -2.36. The number of aliphatic hydroxyl groups excluding tert-OH is 3. The van der Waals surface area contributed by atoms with Crippen molar-refractivity contribution in [2.45, 2.75) is 51.9 Å². The highest BCUT2D eigenvalue weighted by molar-refractivity contribution is 7.21. The molecule has 1 saturated carbocycles. The lowest BCUT2D eigenvalue weighted by Gasteiger charge is -2.24. The number of hydrogen-bond donors (Lipinski definition) is 4. The molecule has 9 nitrogen and oxygen atoms in total. The van der Waals surface area contributed by atoms with Crippen LogP contribution in [0, 0.1) is 12.8 Å². The number of pyridine rings is 1. The third kappa shape index (κ3) is 5.41. The Morgan fingerprint density at radius 3 is 2.72 bits per heavy atom. The molecule has 0 saturated heterocycles. The van der Waals surface area contributed by atoms with Gasteiger partial charge in [0.05, 0.1) is 34.3 Å². The second-order valence-corrected chi connectivity index (χ2v) is 10.2. The molecule has 0 radical (unpaired) electrons. The average molecular weight is 511 g/mol. The lowest BCUT2D eigenvalue weighted by molar-refractivity contribution is 0.00446. The standard InChI is InChI=1S/C26H34N6O3S/c1-5-7-8-16(6-2)13-32(4)26-28-15(3)21(25-30-19-12-27-10-9-20(19)36-25)24(31-26)29-18-11-17(14-33)22(34)23(18)35/h5,7-10,12,17-18,22-23,33-35H,6,11,13-14H2,1-4H3,(H,28,29,31). The van der Waals surface area contributed by atoms with Crippen LogP contribution in [0.15, 0.2) is 42.3 Å². The first-order chi connectivity index (χ1) is 17.4. The van der Waals surface area contributed by atoms with Gasteiger partial charge in [-0.1, -0.05) is 30.7 Å². The monoisotopic (exact) mass is 510 g/mol. The Hall–Kier alpha value is -2.92. The average Bonchev–Trinajstić information content (AvgIpc) is 3.42. The van der Waals surface area contributed by atoms with Crippen LogP contribution < -0.4 is 10.2 Å². The minimum atomic E-state index is -1.03. The summed E-state index contributed by atoms with van der Waals surface area (Å²) in [6.45, 7) is 6.52. The van der Waals surface area contributed by atoms with Crippen LogP contribution in [0.2, 0.25) is 0 Å². The maximum Gasteiger partial charge on any atom is 0.227 e. The number of nitrogens with one attached hydrogen (secondary N) is 1. The van der Waals surface area contributed by atoms with Crippen LogP contribution in [-0.4, -0.2) is 73.7 Å². The molecule has 192 valence electrons. The van der Waals surface area contributed by atoms with Crippen molar-refractivity contribution >= 4 is 33.3 Å². The third-order valence-corrected chi connectivity index (χ3v) is 7.65. The van der Waals surface area contributed by atoms with Gasteiger partial charge in [0.1, 0.15) is 22.4 Å². The number of aliphatic hydroxyl groups is 3. The molecule has 4 N–H and O–H groups in total. The number of aromatic nitrogens is 4. The number of anilines is 2. The molecule has 0 amide bonds. The van der Waals surface area contributed by atoms with Gasteiger partial charge in [0, 0.05) is 32.3 Å². The largest absolute Gasteiger partial charge is 0.396 e. The van der Waals surface area contributed by atoms with Gasteiger partial charge in [-0.3, -0.25) is 4.98 Å². The van der Waals surface area contributed by atoms with Crippen LogP contribution in [-0.2, 0) is 0 Å². The summed E-state index contributed by atoms with van der Waals surface area (Å²) < 4.78 is 1.00. The molecule has 0 spiro atoms. The topological polar surface area (TPSA) is 128 Å². The Labute approximate surface area is 215 Å². The Bertz CT molecular complexity index is 1230. The van der Waals surface area contributed by atoms with Gasteiger partial charge in [0.15, 0.2) is 0 Å². The highest BCUT2D eigenvalue weighted by Gasteiger charge is 2.41. The third-order valence-electron chi connectivity index (χ3n) is 6.60. The SMILES string of the molecule is CC=CC=C(CC)CN(C)c1nc(C)c(-c2nc3cnccc3s2)c(NC2CC(CO)C(O)C2O)n1. The van der Waals surface area contributed by atoms with Crippen LogP contribution in [0.5, 0.6) is 0 Å². The highest BCUT2D eigenvalue weighted by Crippen LogP contribution is 2.38. The van der Waals surface area contributed by atoms with Gasteiger partial charge in [-0.2, -0.15) is 4.98 Å². The van der Waals surface area contributed by atoms with E-state index in [2.05, 4.69) is 23.3 Å². The molecule has 3 aromatic rings. The van der Waals surface area contributed by atoms with Crippen LogP contribution in [0.1, 0.15) is 32.4 Å². The fraction of sp³-hybridized carbons (Fsp3) is 0.462. The maximum absolute atomic E-state index is 10.7. The molecule has 4 unspecified atom stereocenters. The van der Waals surface area contributed by atoms with E-state index in [0.29, 0.717) is 24.7 Å². The summed E-state index contributed by atoms with van der Waals surface area (Å²) in [4.78, 5) is 20.6. The quantitative estimate of drug-likeness (QED) is 0.321. The van der Waals surface area contributed by atoms with Crippen LogP contribution in [0.3, 0.4) is 0 Å². The van der Waals surface area contributed by atoms with Gasteiger partial charge in [0.2, 0.25) is 5.95 Å². The van der Waals surface area contributed by atoms with Gasteiger partial charge in [-0.15, -0.1) is 11.3 Å². The van der Waals surface area contributed by atoms with E-state index in [0.717, 1.165) is 32.9 Å². The first-order valence-corrected chi connectivity index (χ1v) is 13.0. The van der Waals surface area contributed by atoms with Gasteiger partial charge in [-0.25, -0.2) is 9.97 Å². The van der Waals surface area contributed by atoms with E-state index in [-0.39, 0.29) is 6.61 Å². The van der Waals surface area contributed by atoms with E-state index in [4.69, 9.17) is 15.0 Å². The summed E-state index contributed by atoms with van der Waals surface area (Å²) in [6, 6.07) is 1.45. The van der Waals surface area contributed by atoms with Gasteiger partial charge < -0.3 is 25.5 Å². The van der Waals surface area contributed by atoms with Crippen LogP contribution in [0.25, 0.3) is 20.8 Å². The predicted molar refractivity (Wildman–Crippen MR) is 144 cm³/mol. The van der Waals surface area contributed by atoms with E-state index >= 15 is 0 Å².